The van der Waals surface area contributed by atoms with Gasteiger partial charge in [-0.25, -0.2) is 4.39 Å². The standard InChI is InChI=1S/C20H21FN2O2/c21-17-8-6-16(7-9-17)20(25)22-18-10-12-23(13-11-18)19(24)14-15-4-2-1-3-5-15/h1-9,18H,10-14H2,(H,22,25). The highest BCUT2D eigenvalue weighted by molar-refractivity contribution is 5.94. The Hall–Kier alpha value is -2.69. The molecule has 1 aliphatic heterocycles. The van der Waals surface area contributed by atoms with Crippen LogP contribution in [0.2, 0.25) is 0 Å². The van der Waals surface area contributed by atoms with Crippen LogP contribution in [0.3, 0.4) is 0 Å². The Balaban J connectivity index is 1.47. The maximum atomic E-state index is 12.9. The molecule has 1 saturated heterocycles. The van der Waals surface area contributed by atoms with E-state index in [2.05, 4.69) is 5.32 Å². The molecule has 130 valence electrons. The molecule has 2 amide bonds. The first-order valence-corrected chi connectivity index (χ1v) is 8.50. The minimum Gasteiger partial charge on any atom is -0.349 e. The smallest absolute Gasteiger partial charge is 0.251 e. The zero-order valence-corrected chi connectivity index (χ0v) is 14.0. The van der Waals surface area contributed by atoms with E-state index in [1.165, 1.54) is 24.3 Å². The van der Waals surface area contributed by atoms with Crippen LogP contribution in [0.4, 0.5) is 4.39 Å². The summed E-state index contributed by atoms with van der Waals surface area (Å²) in [7, 11) is 0. The van der Waals surface area contributed by atoms with Gasteiger partial charge < -0.3 is 10.2 Å². The number of hydrogen-bond acceptors (Lipinski definition) is 2. The Morgan fingerprint density at radius 1 is 1.00 bits per heavy atom. The van der Waals surface area contributed by atoms with Gasteiger partial charge in [0.05, 0.1) is 6.42 Å². The van der Waals surface area contributed by atoms with Crippen molar-refractivity contribution in [3.63, 3.8) is 0 Å². The average molecular weight is 340 g/mol. The largest absolute Gasteiger partial charge is 0.349 e. The minimum atomic E-state index is -0.359. The number of nitrogens with one attached hydrogen (secondary N) is 1. The number of rotatable bonds is 4. The van der Waals surface area contributed by atoms with Crippen LogP contribution in [0.25, 0.3) is 0 Å². The van der Waals surface area contributed by atoms with Crippen LogP contribution in [0.15, 0.2) is 54.6 Å². The molecular formula is C20H21FN2O2. The summed E-state index contributed by atoms with van der Waals surface area (Å²) in [5.74, 6) is -0.439. The van der Waals surface area contributed by atoms with Gasteiger partial charge in [0.15, 0.2) is 0 Å². The maximum absolute atomic E-state index is 12.9. The molecule has 0 radical (unpaired) electrons. The lowest BCUT2D eigenvalue weighted by Crippen LogP contribution is -2.47. The van der Waals surface area contributed by atoms with Gasteiger partial charge in [-0.3, -0.25) is 9.59 Å². The summed E-state index contributed by atoms with van der Waals surface area (Å²) in [6.45, 7) is 1.28. The van der Waals surface area contributed by atoms with E-state index in [0.29, 0.717) is 25.1 Å². The molecule has 4 nitrogen and oxygen atoms in total. The first-order chi connectivity index (χ1) is 12.1. The Bertz CT molecular complexity index is 723. The monoisotopic (exact) mass is 340 g/mol. The van der Waals surface area contributed by atoms with Crippen LogP contribution in [-0.4, -0.2) is 35.8 Å². The molecule has 1 N–H and O–H groups in total. The second kappa shape index (κ2) is 7.92. The number of carbonyl (C=O) groups is 2. The van der Waals surface area contributed by atoms with Crippen molar-refractivity contribution >= 4 is 11.8 Å². The van der Waals surface area contributed by atoms with Gasteiger partial charge in [-0.05, 0) is 42.7 Å². The van der Waals surface area contributed by atoms with Gasteiger partial charge in [0, 0.05) is 24.7 Å². The van der Waals surface area contributed by atoms with Gasteiger partial charge in [0.1, 0.15) is 5.82 Å². The highest BCUT2D eigenvalue weighted by atomic mass is 19.1. The number of halogens is 1. The van der Waals surface area contributed by atoms with Crippen LogP contribution in [0.1, 0.15) is 28.8 Å². The molecule has 0 aromatic heterocycles. The summed E-state index contributed by atoms with van der Waals surface area (Å²) >= 11 is 0. The topological polar surface area (TPSA) is 49.4 Å². The Kier molecular flexibility index (Phi) is 5.43. The summed E-state index contributed by atoms with van der Waals surface area (Å²) in [5, 5.41) is 2.96. The second-order valence-electron chi connectivity index (χ2n) is 6.30. The van der Waals surface area contributed by atoms with Crippen molar-refractivity contribution in [2.24, 2.45) is 0 Å². The number of hydrogen-bond donors (Lipinski definition) is 1. The zero-order chi connectivity index (χ0) is 17.6. The molecule has 0 aliphatic carbocycles. The van der Waals surface area contributed by atoms with Crippen LogP contribution in [0, 0.1) is 5.82 Å². The van der Waals surface area contributed by atoms with Crippen molar-refractivity contribution in [3.8, 4) is 0 Å². The predicted molar refractivity (Wildman–Crippen MR) is 93.6 cm³/mol. The quantitative estimate of drug-likeness (QED) is 0.930. The van der Waals surface area contributed by atoms with E-state index in [1.54, 1.807) is 0 Å². The lowest BCUT2D eigenvalue weighted by atomic mass is 10.0. The number of likely N-dealkylation sites (tertiary alicyclic amines) is 1. The predicted octanol–water partition coefficient (Wildman–Crippen LogP) is 2.79. The van der Waals surface area contributed by atoms with E-state index in [9.17, 15) is 14.0 Å². The molecule has 0 spiro atoms. The van der Waals surface area contributed by atoms with Gasteiger partial charge in [0.25, 0.3) is 5.91 Å². The average Bonchev–Trinajstić information content (AvgIpc) is 2.63. The molecular weight excluding hydrogens is 319 g/mol. The normalized spacial score (nSPS) is 15.0. The van der Waals surface area contributed by atoms with E-state index >= 15 is 0 Å². The molecule has 5 heteroatoms. The lowest BCUT2D eigenvalue weighted by Gasteiger charge is -2.32. The molecule has 2 aromatic rings. The van der Waals surface area contributed by atoms with Crippen molar-refractivity contribution in [2.45, 2.75) is 25.3 Å². The third kappa shape index (κ3) is 4.66. The Labute approximate surface area is 146 Å². The molecule has 0 bridgehead atoms. The molecule has 3 rings (SSSR count). The fraction of sp³-hybridized carbons (Fsp3) is 0.300. The van der Waals surface area contributed by atoms with Gasteiger partial charge in [0.2, 0.25) is 5.91 Å². The van der Waals surface area contributed by atoms with Crippen molar-refractivity contribution in [3.05, 3.63) is 71.5 Å². The molecule has 1 aliphatic rings. The van der Waals surface area contributed by atoms with E-state index in [-0.39, 0.29) is 23.7 Å². The number of nitrogens with zero attached hydrogens (tertiary/aromatic N) is 1. The van der Waals surface area contributed by atoms with Gasteiger partial charge >= 0.3 is 0 Å². The third-order valence-electron chi connectivity index (χ3n) is 4.49. The highest BCUT2D eigenvalue weighted by Crippen LogP contribution is 2.13. The van der Waals surface area contributed by atoms with Crippen molar-refractivity contribution < 1.29 is 14.0 Å². The molecule has 1 fully saturated rings. The second-order valence-corrected chi connectivity index (χ2v) is 6.30. The van der Waals surface area contributed by atoms with E-state index in [4.69, 9.17) is 0 Å². The SMILES string of the molecule is O=C(NC1CCN(C(=O)Cc2ccccc2)CC1)c1ccc(F)cc1. The fourth-order valence-corrected chi connectivity index (χ4v) is 3.03. The number of benzene rings is 2. The number of carbonyl (C=O) groups excluding carboxylic acids is 2. The summed E-state index contributed by atoms with van der Waals surface area (Å²) in [5.41, 5.74) is 1.46. The lowest BCUT2D eigenvalue weighted by molar-refractivity contribution is -0.131. The molecule has 0 atom stereocenters. The van der Waals surface area contributed by atoms with Crippen molar-refractivity contribution in [2.75, 3.05) is 13.1 Å². The highest BCUT2D eigenvalue weighted by Gasteiger charge is 2.24. The summed E-state index contributed by atoms with van der Waals surface area (Å²) < 4.78 is 12.9. The summed E-state index contributed by atoms with van der Waals surface area (Å²) in [4.78, 5) is 26.4. The van der Waals surface area contributed by atoms with Gasteiger partial charge in [-0.1, -0.05) is 30.3 Å². The molecule has 1 heterocycles. The minimum absolute atomic E-state index is 0.0401. The Morgan fingerprint density at radius 2 is 1.64 bits per heavy atom. The van der Waals surface area contributed by atoms with E-state index < -0.39 is 0 Å². The zero-order valence-electron chi connectivity index (χ0n) is 14.0. The Morgan fingerprint density at radius 3 is 2.28 bits per heavy atom. The number of piperidine rings is 1. The van der Waals surface area contributed by atoms with Gasteiger partial charge in [-0.15, -0.1) is 0 Å². The van der Waals surface area contributed by atoms with Crippen LogP contribution >= 0.6 is 0 Å². The van der Waals surface area contributed by atoms with E-state index in [1.807, 2.05) is 35.2 Å². The van der Waals surface area contributed by atoms with Crippen molar-refractivity contribution in [1.29, 1.82) is 0 Å². The number of amides is 2. The first kappa shape index (κ1) is 17.1. The fourth-order valence-electron chi connectivity index (χ4n) is 3.03. The van der Waals surface area contributed by atoms with Crippen LogP contribution < -0.4 is 5.32 Å². The first-order valence-electron chi connectivity index (χ1n) is 8.50. The molecule has 2 aromatic carbocycles. The van der Waals surface area contributed by atoms with Crippen LogP contribution in [0.5, 0.6) is 0 Å². The summed E-state index contributed by atoms with van der Waals surface area (Å²) in [6.07, 6.45) is 1.87. The van der Waals surface area contributed by atoms with Gasteiger partial charge in [-0.2, -0.15) is 0 Å². The van der Waals surface area contributed by atoms with Crippen LogP contribution in [-0.2, 0) is 11.2 Å². The maximum Gasteiger partial charge on any atom is 0.251 e. The third-order valence-corrected chi connectivity index (χ3v) is 4.49. The van der Waals surface area contributed by atoms with Crippen molar-refractivity contribution in [1.82, 2.24) is 10.2 Å². The molecule has 0 unspecified atom stereocenters. The molecule has 0 saturated carbocycles. The van der Waals surface area contributed by atoms with E-state index in [0.717, 1.165) is 18.4 Å². The molecule has 25 heavy (non-hydrogen) atoms. The summed E-state index contributed by atoms with van der Waals surface area (Å²) in [6, 6.07) is 15.2.